The van der Waals surface area contributed by atoms with Gasteiger partial charge in [-0.1, -0.05) is 24.2 Å². The van der Waals surface area contributed by atoms with Gasteiger partial charge in [0.25, 0.3) is 0 Å². The predicted molar refractivity (Wildman–Crippen MR) is 71.4 cm³/mol. The lowest BCUT2D eigenvalue weighted by atomic mass is 10.1. The molecule has 0 bridgehead atoms. The van der Waals surface area contributed by atoms with E-state index in [4.69, 9.17) is 10.3 Å². The van der Waals surface area contributed by atoms with Crippen LogP contribution < -0.4 is 5.73 Å². The molecule has 0 radical (unpaired) electrons. The summed E-state index contributed by atoms with van der Waals surface area (Å²) >= 11 is 0. The first kappa shape index (κ1) is 12.2. The van der Waals surface area contributed by atoms with Gasteiger partial charge in [-0.15, -0.1) is 0 Å². The van der Waals surface area contributed by atoms with Gasteiger partial charge in [-0.3, -0.25) is 4.79 Å². The van der Waals surface area contributed by atoms with Crippen molar-refractivity contribution in [1.29, 1.82) is 0 Å². The summed E-state index contributed by atoms with van der Waals surface area (Å²) in [7, 11) is 0. The van der Waals surface area contributed by atoms with Crippen molar-refractivity contribution in [1.82, 2.24) is 10.1 Å². The fraction of sp³-hybridized carbons (Fsp3) is 0.429. The Morgan fingerprint density at radius 3 is 3.00 bits per heavy atom. The molecule has 5 heteroatoms. The molecule has 2 atom stereocenters. The number of aromatic nitrogens is 1. The van der Waals surface area contributed by atoms with E-state index in [9.17, 15) is 4.79 Å². The Kier molecular flexibility index (Phi) is 2.98. The van der Waals surface area contributed by atoms with Crippen LogP contribution in [0.3, 0.4) is 0 Å². The number of carbonyl (C=O) groups excluding carboxylic acids is 1. The summed E-state index contributed by atoms with van der Waals surface area (Å²) < 4.78 is 5.21. The highest BCUT2D eigenvalue weighted by Crippen LogP contribution is 2.20. The van der Waals surface area contributed by atoms with E-state index in [1.807, 2.05) is 29.2 Å². The summed E-state index contributed by atoms with van der Waals surface area (Å²) in [5.41, 5.74) is 7.36. The van der Waals surface area contributed by atoms with E-state index in [0.29, 0.717) is 18.2 Å². The number of hydrogen-bond acceptors (Lipinski definition) is 4. The van der Waals surface area contributed by atoms with Crippen LogP contribution in [0, 0.1) is 5.92 Å². The maximum absolute atomic E-state index is 12.2. The Morgan fingerprint density at radius 2 is 2.26 bits per heavy atom. The van der Waals surface area contributed by atoms with E-state index in [1.165, 1.54) is 0 Å². The summed E-state index contributed by atoms with van der Waals surface area (Å²) in [5, 5.41) is 4.90. The number of hydrogen-bond donors (Lipinski definition) is 1. The molecule has 3 rings (SSSR count). The number of nitrogens with two attached hydrogens (primary N) is 1. The number of likely N-dealkylation sites (tertiary alicyclic amines) is 1. The van der Waals surface area contributed by atoms with Crippen LogP contribution >= 0.6 is 0 Å². The van der Waals surface area contributed by atoms with Crippen molar-refractivity contribution in [3.8, 4) is 0 Å². The third-order valence-corrected chi connectivity index (χ3v) is 3.79. The van der Waals surface area contributed by atoms with Crippen LogP contribution in [0.1, 0.15) is 12.6 Å². The van der Waals surface area contributed by atoms with E-state index >= 15 is 0 Å². The van der Waals surface area contributed by atoms with Crippen LogP contribution in [0.5, 0.6) is 0 Å². The number of carbonyl (C=O) groups is 1. The lowest BCUT2D eigenvalue weighted by Gasteiger charge is -2.14. The predicted octanol–water partition coefficient (Wildman–Crippen LogP) is 1.18. The summed E-state index contributed by atoms with van der Waals surface area (Å²) in [5.74, 6) is 0.428. The van der Waals surface area contributed by atoms with Crippen molar-refractivity contribution in [2.75, 3.05) is 13.1 Å². The zero-order valence-corrected chi connectivity index (χ0v) is 10.9. The molecule has 0 spiro atoms. The summed E-state index contributed by atoms with van der Waals surface area (Å²) in [6.07, 6.45) is 0.274. The van der Waals surface area contributed by atoms with Gasteiger partial charge in [-0.05, 0) is 18.1 Å². The Balaban J connectivity index is 1.76. The summed E-state index contributed by atoms with van der Waals surface area (Å²) in [6, 6.07) is 7.66. The molecular formula is C14H17N3O2. The molecule has 2 heterocycles. The van der Waals surface area contributed by atoms with Crippen molar-refractivity contribution < 1.29 is 9.32 Å². The minimum Gasteiger partial charge on any atom is -0.356 e. The topological polar surface area (TPSA) is 72.4 Å². The van der Waals surface area contributed by atoms with Crippen molar-refractivity contribution in [3.63, 3.8) is 0 Å². The number of rotatable bonds is 2. The molecule has 1 aromatic carbocycles. The molecule has 1 aliphatic rings. The number of benzene rings is 1. The summed E-state index contributed by atoms with van der Waals surface area (Å²) in [4.78, 5) is 14.1. The minimum atomic E-state index is 0.0684. The first-order valence-electron chi connectivity index (χ1n) is 6.52. The fourth-order valence-corrected chi connectivity index (χ4v) is 2.52. The van der Waals surface area contributed by atoms with Gasteiger partial charge in [-0.25, -0.2) is 0 Å². The van der Waals surface area contributed by atoms with E-state index in [1.54, 1.807) is 0 Å². The van der Waals surface area contributed by atoms with Gasteiger partial charge < -0.3 is 15.2 Å². The fourth-order valence-electron chi connectivity index (χ4n) is 2.52. The minimum absolute atomic E-state index is 0.0684. The van der Waals surface area contributed by atoms with Gasteiger partial charge >= 0.3 is 0 Å². The molecule has 1 aliphatic heterocycles. The van der Waals surface area contributed by atoms with Crippen LogP contribution in [-0.2, 0) is 11.2 Å². The molecule has 2 N–H and O–H groups in total. The summed E-state index contributed by atoms with van der Waals surface area (Å²) in [6.45, 7) is 3.44. The molecule has 1 amide bonds. The number of amides is 1. The molecule has 19 heavy (non-hydrogen) atoms. The second kappa shape index (κ2) is 4.66. The first-order valence-corrected chi connectivity index (χ1v) is 6.52. The second-order valence-electron chi connectivity index (χ2n) is 5.24. The molecule has 100 valence electrons. The second-order valence-corrected chi connectivity index (χ2v) is 5.24. The third-order valence-electron chi connectivity index (χ3n) is 3.79. The van der Waals surface area contributed by atoms with Crippen LogP contribution in [0.2, 0.25) is 0 Å². The highest BCUT2D eigenvalue weighted by molar-refractivity contribution is 5.86. The van der Waals surface area contributed by atoms with Crippen LogP contribution in [-0.4, -0.2) is 35.1 Å². The Labute approximate surface area is 111 Å². The van der Waals surface area contributed by atoms with E-state index < -0.39 is 0 Å². The molecule has 2 aromatic rings. The number of para-hydroxylation sites is 1. The van der Waals surface area contributed by atoms with Crippen LogP contribution in [0.4, 0.5) is 0 Å². The average molecular weight is 259 g/mol. The van der Waals surface area contributed by atoms with Gasteiger partial charge in [0.2, 0.25) is 5.91 Å². The first-order chi connectivity index (χ1) is 9.15. The van der Waals surface area contributed by atoms with Gasteiger partial charge in [0, 0.05) is 24.5 Å². The van der Waals surface area contributed by atoms with Gasteiger partial charge in [-0.2, -0.15) is 0 Å². The molecule has 1 fully saturated rings. The van der Waals surface area contributed by atoms with Crippen molar-refractivity contribution in [2.24, 2.45) is 11.7 Å². The maximum Gasteiger partial charge on any atom is 0.228 e. The largest absolute Gasteiger partial charge is 0.356 e. The number of fused-ring (bicyclic) bond motifs is 1. The van der Waals surface area contributed by atoms with E-state index in [-0.39, 0.29) is 18.4 Å². The van der Waals surface area contributed by atoms with Gasteiger partial charge in [0.05, 0.1) is 6.42 Å². The molecule has 0 aliphatic carbocycles. The molecule has 2 unspecified atom stereocenters. The maximum atomic E-state index is 12.2. The van der Waals surface area contributed by atoms with Crippen molar-refractivity contribution >= 4 is 16.9 Å². The Bertz CT molecular complexity index is 598. The molecular weight excluding hydrogens is 242 g/mol. The molecule has 1 aromatic heterocycles. The Morgan fingerprint density at radius 1 is 1.47 bits per heavy atom. The molecule has 1 saturated heterocycles. The SMILES string of the molecule is CC1CN(C(=O)Cc2noc3ccccc23)CC1N. The van der Waals surface area contributed by atoms with Gasteiger partial charge in [0.1, 0.15) is 5.69 Å². The van der Waals surface area contributed by atoms with E-state index in [2.05, 4.69) is 12.1 Å². The molecule has 0 saturated carbocycles. The standard InChI is InChI=1S/C14H17N3O2/c1-9-7-17(8-11(9)15)14(18)6-12-10-4-2-3-5-13(10)19-16-12/h2-5,9,11H,6-8,15H2,1H3. The lowest BCUT2D eigenvalue weighted by molar-refractivity contribution is -0.129. The Hall–Kier alpha value is -1.88. The van der Waals surface area contributed by atoms with Gasteiger partial charge in [0.15, 0.2) is 5.58 Å². The quantitative estimate of drug-likeness (QED) is 0.879. The highest BCUT2D eigenvalue weighted by Gasteiger charge is 2.30. The highest BCUT2D eigenvalue weighted by atomic mass is 16.5. The monoisotopic (exact) mass is 259 g/mol. The third kappa shape index (κ3) is 2.21. The van der Waals surface area contributed by atoms with E-state index in [0.717, 1.165) is 17.5 Å². The zero-order valence-electron chi connectivity index (χ0n) is 10.9. The average Bonchev–Trinajstić information content (AvgIpc) is 2.95. The number of nitrogens with zero attached hydrogens (tertiary/aromatic N) is 2. The van der Waals surface area contributed by atoms with Crippen molar-refractivity contribution in [3.05, 3.63) is 30.0 Å². The van der Waals surface area contributed by atoms with Crippen LogP contribution in [0.25, 0.3) is 11.0 Å². The zero-order chi connectivity index (χ0) is 13.4. The molecule has 5 nitrogen and oxygen atoms in total. The lowest BCUT2D eigenvalue weighted by Crippen LogP contribution is -2.33. The van der Waals surface area contributed by atoms with Crippen molar-refractivity contribution in [2.45, 2.75) is 19.4 Å². The van der Waals surface area contributed by atoms with Crippen LogP contribution in [0.15, 0.2) is 28.8 Å². The normalized spacial score (nSPS) is 23.2. The smallest absolute Gasteiger partial charge is 0.228 e.